The molecule has 1 aromatic heterocycles. The molecule has 2 heterocycles. The van der Waals surface area contributed by atoms with Crippen LogP contribution >= 0.6 is 0 Å². The maximum atomic E-state index is 5.93. The zero-order valence-electron chi connectivity index (χ0n) is 12.7. The summed E-state index contributed by atoms with van der Waals surface area (Å²) >= 11 is 0. The van der Waals surface area contributed by atoms with Crippen LogP contribution in [0.4, 0.5) is 11.6 Å². The topological polar surface area (TPSA) is 55.0 Å². The number of hydrogen-bond donors (Lipinski definition) is 1. The summed E-state index contributed by atoms with van der Waals surface area (Å²) in [5, 5.41) is 0. The zero-order valence-corrected chi connectivity index (χ0v) is 12.7. The quantitative estimate of drug-likeness (QED) is 0.939. The molecule has 4 nitrogen and oxygen atoms in total. The van der Waals surface area contributed by atoms with Gasteiger partial charge in [0, 0.05) is 31.0 Å². The van der Waals surface area contributed by atoms with Crippen molar-refractivity contribution in [3.05, 3.63) is 47.8 Å². The monoisotopic (exact) mass is 282 g/mol. The average Bonchev–Trinajstić information content (AvgIpc) is 2.97. The molecule has 0 spiro atoms. The van der Waals surface area contributed by atoms with Gasteiger partial charge in [0.05, 0.1) is 0 Å². The first-order chi connectivity index (χ1) is 10.1. The summed E-state index contributed by atoms with van der Waals surface area (Å²) in [6, 6.07) is 12.6. The summed E-state index contributed by atoms with van der Waals surface area (Å²) in [7, 11) is 0. The van der Waals surface area contributed by atoms with Gasteiger partial charge >= 0.3 is 0 Å². The molecule has 1 unspecified atom stereocenters. The molecule has 21 heavy (non-hydrogen) atoms. The second-order valence-electron chi connectivity index (χ2n) is 6.01. The Kier molecular flexibility index (Phi) is 3.78. The van der Waals surface area contributed by atoms with Crippen molar-refractivity contribution in [2.75, 3.05) is 23.7 Å². The molecular weight excluding hydrogens is 260 g/mol. The fourth-order valence-electron chi connectivity index (χ4n) is 2.86. The zero-order chi connectivity index (χ0) is 14.8. The summed E-state index contributed by atoms with van der Waals surface area (Å²) in [6.07, 6.45) is 1.16. The molecule has 110 valence electrons. The van der Waals surface area contributed by atoms with Gasteiger partial charge in [-0.25, -0.2) is 9.97 Å². The number of benzene rings is 1. The van der Waals surface area contributed by atoms with E-state index in [4.69, 9.17) is 5.73 Å². The highest BCUT2D eigenvalue weighted by molar-refractivity contribution is 5.49. The number of nitrogens with two attached hydrogens (primary N) is 1. The predicted octanol–water partition coefficient (Wildman–Crippen LogP) is 3.18. The molecule has 0 radical (unpaired) electrons. The smallest absolute Gasteiger partial charge is 0.135 e. The van der Waals surface area contributed by atoms with Gasteiger partial charge in [-0.05, 0) is 12.0 Å². The van der Waals surface area contributed by atoms with Crippen LogP contribution in [0.15, 0.2) is 36.4 Å². The number of nitrogen functional groups attached to an aromatic ring is 1. The third kappa shape index (κ3) is 2.99. The van der Waals surface area contributed by atoms with Gasteiger partial charge in [0.25, 0.3) is 0 Å². The van der Waals surface area contributed by atoms with E-state index in [-0.39, 0.29) is 0 Å². The van der Waals surface area contributed by atoms with Crippen molar-refractivity contribution >= 4 is 11.6 Å². The maximum absolute atomic E-state index is 5.93. The Hall–Kier alpha value is -2.10. The van der Waals surface area contributed by atoms with E-state index in [1.54, 1.807) is 0 Å². The van der Waals surface area contributed by atoms with E-state index in [0.717, 1.165) is 31.2 Å². The lowest BCUT2D eigenvalue weighted by atomic mass is 9.99. The minimum Gasteiger partial charge on any atom is -0.384 e. The van der Waals surface area contributed by atoms with Gasteiger partial charge in [0.2, 0.25) is 0 Å². The molecule has 1 aliphatic heterocycles. The van der Waals surface area contributed by atoms with E-state index in [0.29, 0.717) is 17.7 Å². The summed E-state index contributed by atoms with van der Waals surface area (Å²) in [6.45, 7) is 6.20. The van der Waals surface area contributed by atoms with Gasteiger partial charge in [0.1, 0.15) is 17.5 Å². The molecule has 4 heteroatoms. The lowest BCUT2D eigenvalue weighted by Crippen LogP contribution is -2.21. The molecule has 0 amide bonds. The second-order valence-corrected chi connectivity index (χ2v) is 6.01. The van der Waals surface area contributed by atoms with Gasteiger partial charge < -0.3 is 10.6 Å². The highest BCUT2D eigenvalue weighted by Gasteiger charge is 2.25. The normalized spacial score (nSPS) is 18.4. The SMILES string of the molecule is CC(C)c1nc(N)cc(N2CCC(c3ccccc3)C2)n1. The molecule has 1 fully saturated rings. The average molecular weight is 282 g/mol. The van der Waals surface area contributed by atoms with Crippen molar-refractivity contribution in [3.63, 3.8) is 0 Å². The van der Waals surface area contributed by atoms with E-state index in [2.05, 4.69) is 59.0 Å². The van der Waals surface area contributed by atoms with Crippen LogP contribution in [-0.4, -0.2) is 23.1 Å². The van der Waals surface area contributed by atoms with Crippen molar-refractivity contribution < 1.29 is 0 Å². The molecule has 1 saturated heterocycles. The molecule has 1 aliphatic rings. The van der Waals surface area contributed by atoms with Crippen LogP contribution in [0.2, 0.25) is 0 Å². The van der Waals surface area contributed by atoms with Gasteiger partial charge in [0.15, 0.2) is 0 Å². The van der Waals surface area contributed by atoms with E-state index in [1.165, 1.54) is 5.56 Å². The van der Waals surface area contributed by atoms with Crippen LogP contribution in [0.5, 0.6) is 0 Å². The van der Waals surface area contributed by atoms with Crippen LogP contribution < -0.4 is 10.6 Å². The lowest BCUT2D eigenvalue weighted by Gasteiger charge is -2.19. The Balaban J connectivity index is 1.80. The molecule has 2 N–H and O–H groups in total. The van der Waals surface area contributed by atoms with Gasteiger partial charge in [-0.3, -0.25) is 0 Å². The summed E-state index contributed by atoms with van der Waals surface area (Å²) < 4.78 is 0. The Bertz CT molecular complexity index is 609. The molecule has 0 saturated carbocycles. The second kappa shape index (κ2) is 5.72. The van der Waals surface area contributed by atoms with Crippen LogP contribution in [0, 0.1) is 0 Å². The van der Waals surface area contributed by atoms with Crippen LogP contribution in [-0.2, 0) is 0 Å². The molecule has 0 aliphatic carbocycles. The van der Waals surface area contributed by atoms with E-state index in [9.17, 15) is 0 Å². The lowest BCUT2D eigenvalue weighted by molar-refractivity contribution is 0.760. The third-order valence-electron chi connectivity index (χ3n) is 4.05. The van der Waals surface area contributed by atoms with E-state index < -0.39 is 0 Å². The maximum Gasteiger partial charge on any atom is 0.135 e. The Morgan fingerprint density at radius 2 is 1.95 bits per heavy atom. The highest BCUT2D eigenvalue weighted by Crippen LogP contribution is 2.30. The third-order valence-corrected chi connectivity index (χ3v) is 4.05. The number of rotatable bonds is 3. The number of hydrogen-bond acceptors (Lipinski definition) is 4. The first kappa shape index (κ1) is 13.9. The standard InChI is InChI=1S/C17H22N4/c1-12(2)17-19-15(18)10-16(20-17)21-9-8-14(11-21)13-6-4-3-5-7-13/h3-7,10,12,14H,8-9,11H2,1-2H3,(H2,18,19,20). The molecule has 2 aromatic rings. The molecule has 1 atom stereocenters. The Morgan fingerprint density at radius 3 is 2.67 bits per heavy atom. The number of aromatic nitrogens is 2. The summed E-state index contributed by atoms with van der Waals surface area (Å²) in [4.78, 5) is 11.3. The largest absolute Gasteiger partial charge is 0.384 e. The van der Waals surface area contributed by atoms with Gasteiger partial charge in [-0.1, -0.05) is 44.2 Å². The number of anilines is 2. The fourth-order valence-corrected chi connectivity index (χ4v) is 2.86. The molecule has 3 rings (SSSR count). The Labute approximate surface area is 126 Å². The van der Waals surface area contributed by atoms with Crippen molar-refractivity contribution in [3.8, 4) is 0 Å². The minimum atomic E-state index is 0.291. The van der Waals surface area contributed by atoms with Crippen LogP contribution in [0.3, 0.4) is 0 Å². The van der Waals surface area contributed by atoms with Gasteiger partial charge in [-0.15, -0.1) is 0 Å². The Morgan fingerprint density at radius 1 is 1.19 bits per heavy atom. The predicted molar refractivity (Wildman–Crippen MR) is 86.5 cm³/mol. The van der Waals surface area contributed by atoms with Crippen LogP contribution in [0.1, 0.15) is 43.5 Å². The van der Waals surface area contributed by atoms with E-state index in [1.807, 2.05) is 6.07 Å². The van der Waals surface area contributed by atoms with Crippen molar-refractivity contribution in [1.29, 1.82) is 0 Å². The van der Waals surface area contributed by atoms with Gasteiger partial charge in [-0.2, -0.15) is 0 Å². The van der Waals surface area contributed by atoms with E-state index >= 15 is 0 Å². The van der Waals surface area contributed by atoms with Crippen LogP contribution in [0.25, 0.3) is 0 Å². The fraction of sp³-hybridized carbons (Fsp3) is 0.412. The summed E-state index contributed by atoms with van der Waals surface area (Å²) in [5.41, 5.74) is 7.34. The van der Waals surface area contributed by atoms with Crippen molar-refractivity contribution in [2.45, 2.75) is 32.1 Å². The first-order valence-corrected chi connectivity index (χ1v) is 7.58. The number of nitrogens with zero attached hydrogens (tertiary/aromatic N) is 3. The molecular formula is C17H22N4. The molecule has 1 aromatic carbocycles. The van der Waals surface area contributed by atoms with Crippen molar-refractivity contribution in [1.82, 2.24) is 9.97 Å². The highest BCUT2D eigenvalue weighted by atomic mass is 15.2. The minimum absolute atomic E-state index is 0.291. The first-order valence-electron chi connectivity index (χ1n) is 7.58. The summed E-state index contributed by atoms with van der Waals surface area (Å²) in [5.74, 6) is 3.22. The molecule has 0 bridgehead atoms. The van der Waals surface area contributed by atoms with Crippen molar-refractivity contribution in [2.24, 2.45) is 0 Å².